The van der Waals surface area contributed by atoms with Crippen molar-refractivity contribution in [3.63, 3.8) is 0 Å². The van der Waals surface area contributed by atoms with Gasteiger partial charge < -0.3 is 0 Å². The fraction of sp³-hybridized carbons (Fsp3) is 0.0145. The van der Waals surface area contributed by atoms with Crippen LogP contribution >= 0.6 is 0 Å². The van der Waals surface area contributed by atoms with Crippen molar-refractivity contribution < 1.29 is 0 Å². The SMILES string of the molecule is C(=C\c1ccc(-c2c3ccccc3c(-c3ccc(-c4ccc(C5(c6ccccc6)c6ccccc6-c6ccccc65)cc4)cc3)c3ccccc23)c2ccccc12)/c1ccc(-c2ccccc2)cc1. The van der Waals surface area contributed by atoms with Crippen LogP contribution in [0.1, 0.15) is 33.4 Å². The van der Waals surface area contributed by atoms with E-state index in [1.807, 2.05) is 0 Å². The molecule has 322 valence electrons. The highest BCUT2D eigenvalue weighted by Crippen LogP contribution is 2.56. The van der Waals surface area contributed by atoms with Crippen molar-refractivity contribution in [1.82, 2.24) is 0 Å². The Kier molecular flexibility index (Phi) is 9.84. The van der Waals surface area contributed by atoms with Crippen molar-refractivity contribution in [1.29, 1.82) is 0 Å². The van der Waals surface area contributed by atoms with Crippen LogP contribution in [0.3, 0.4) is 0 Å². The fourth-order valence-corrected chi connectivity index (χ4v) is 11.5. The minimum Gasteiger partial charge on any atom is -0.0622 e. The summed E-state index contributed by atoms with van der Waals surface area (Å²) >= 11 is 0. The van der Waals surface area contributed by atoms with Crippen molar-refractivity contribution in [3.05, 3.63) is 300 Å². The molecule has 0 radical (unpaired) electrons. The number of hydrogen-bond acceptors (Lipinski definition) is 0. The van der Waals surface area contributed by atoms with Crippen LogP contribution in [0.2, 0.25) is 0 Å². The van der Waals surface area contributed by atoms with Gasteiger partial charge in [-0.2, -0.15) is 0 Å². The summed E-state index contributed by atoms with van der Waals surface area (Å²) in [7, 11) is 0. The van der Waals surface area contributed by atoms with E-state index in [9.17, 15) is 0 Å². The third kappa shape index (κ3) is 6.68. The summed E-state index contributed by atoms with van der Waals surface area (Å²) in [6.07, 6.45) is 4.49. The molecular weight excluding hydrogens is 829 g/mol. The fourth-order valence-electron chi connectivity index (χ4n) is 11.5. The molecule has 0 heterocycles. The van der Waals surface area contributed by atoms with Gasteiger partial charge in [-0.25, -0.2) is 0 Å². The lowest BCUT2D eigenvalue weighted by Crippen LogP contribution is -2.28. The molecule has 69 heavy (non-hydrogen) atoms. The van der Waals surface area contributed by atoms with E-state index in [1.165, 1.54) is 121 Å². The Morgan fingerprint density at radius 3 is 1.22 bits per heavy atom. The van der Waals surface area contributed by atoms with E-state index in [0.717, 1.165) is 0 Å². The molecule has 0 spiro atoms. The molecule has 0 saturated heterocycles. The summed E-state index contributed by atoms with van der Waals surface area (Å²) in [5.41, 5.74) is 19.6. The third-order valence-electron chi connectivity index (χ3n) is 14.6. The van der Waals surface area contributed by atoms with Gasteiger partial charge in [0.05, 0.1) is 5.41 Å². The highest BCUT2D eigenvalue weighted by atomic mass is 14.5. The molecule has 0 nitrogen and oxygen atoms in total. The highest BCUT2D eigenvalue weighted by molar-refractivity contribution is 6.24. The van der Waals surface area contributed by atoms with Gasteiger partial charge in [-0.3, -0.25) is 0 Å². The summed E-state index contributed by atoms with van der Waals surface area (Å²) in [4.78, 5) is 0. The highest BCUT2D eigenvalue weighted by Gasteiger charge is 2.45. The molecule has 13 rings (SSSR count). The maximum absolute atomic E-state index is 2.35. The average Bonchev–Trinajstić information content (AvgIpc) is 3.73. The molecule has 0 fully saturated rings. The maximum atomic E-state index is 2.35. The standard InChI is InChI=1S/C69H46/c1-3-17-48(18-4-1)49-34-31-47(32-35-49)33-36-52-43-46-64(57-22-8-7-21-56(52)57)68-62-27-11-9-25-60(62)67(61-26-10-12-28-63(61)68)53-39-37-50(38-40-53)51-41-44-55(45-42-51)69(54-19-5-2-6-20-54)65-29-15-13-23-58(65)59-24-14-16-30-66(59)69/h1-46H/b36-33+. The third-order valence-corrected chi connectivity index (χ3v) is 14.6. The van der Waals surface area contributed by atoms with E-state index < -0.39 is 5.41 Å². The van der Waals surface area contributed by atoms with Gasteiger partial charge in [-0.15, -0.1) is 0 Å². The molecular formula is C69H46. The molecule has 0 amide bonds. The second-order valence-corrected chi connectivity index (χ2v) is 18.3. The van der Waals surface area contributed by atoms with Gasteiger partial charge in [-0.1, -0.05) is 279 Å². The number of fused-ring (bicyclic) bond motifs is 6. The van der Waals surface area contributed by atoms with Crippen LogP contribution in [0.25, 0.3) is 100 Å². The van der Waals surface area contributed by atoms with Crippen LogP contribution < -0.4 is 0 Å². The first-order valence-electron chi connectivity index (χ1n) is 24.0. The summed E-state index contributed by atoms with van der Waals surface area (Å²) < 4.78 is 0. The smallest absolute Gasteiger partial charge is 0.0622 e. The van der Waals surface area contributed by atoms with Gasteiger partial charge >= 0.3 is 0 Å². The summed E-state index contributed by atoms with van der Waals surface area (Å²) in [6.45, 7) is 0. The monoisotopic (exact) mass is 874 g/mol. The van der Waals surface area contributed by atoms with Crippen LogP contribution in [0.15, 0.2) is 267 Å². The Morgan fingerprint density at radius 1 is 0.232 bits per heavy atom. The van der Waals surface area contributed by atoms with Crippen LogP contribution in [0, 0.1) is 0 Å². The molecule has 0 atom stereocenters. The van der Waals surface area contributed by atoms with Crippen LogP contribution in [-0.4, -0.2) is 0 Å². The molecule has 0 aromatic heterocycles. The molecule has 1 aliphatic rings. The minimum absolute atomic E-state index is 0.410. The van der Waals surface area contributed by atoms with E-state index in [4.69, 9.17) is 0 Å². The van der Waals surface area contributed by atoms with Crippen LogP contribution in [0.5, 0.6) is 0 Å². The Hall–Kier alpha value is -8.84. The molecule has 0 bridgehead atoms. The molecule has 0 heteroatoms. The van der Waals surface area contributed by atoms with Gasteiger partial charge in [0.15, 0.2) is 0 Å². The molecule has 12 aromatic rings. The number of hydrogen-bond donors (Lipinski definition) is 0. The Morgan fingerprint density at radius 2 is 0.638 bits per heavy atom. The first kappa shape index (κ1) is 40.4. The van der Waals surface area contributed by atoms with Gasteiger partial charge in [-0.05, 0) is 121 Å². The Balaban J connectivity index is 0.871. The Labute approximate surface area is 403 Å². The maximum Gasteiger partial charge on any atom is 0.0713 e. The van der Waals surface area contributed by atoms with E-state index in [2.05, 4.69) is 279 Å². The van der Waals surface area contributed by atoms with Crippen molar-refractivity contribution in [3.8, 4) is 55.6 Å². The van der Waals surface area contributed by atoms with Gasteiger partial charge in [0.2, 0.25) is 0 Å². The predicted molar refractivity (Wildman–Crippen MR) is 293 cm³/mol. The second kappa shape index (κ2) is 16.8. The van der Waals surface area contributed by atoms with Crippen molar-refractivity contribution in [2.75, 3.05) is 0 Å². The van der Waals surface area contributed by atoms with E-state index >= 15 is 0 Å². The molecule has 0 N–H and O–H groups in total. The van der Waals surface area contributed by atoms with Crippen LogP contribution in [-0.2, 0) is 5.41 Å². The van der Waals surface area contributed by atoms with Gasteiger partial charge in [0.1, 0.15) is 0 Å². The average molecular weight is 875 g/mol. The second-order valence-electron chi connectivity index (χ2n) is 18.3. The number of rotatable bonds is 8. The first-order valence-corrected chi connectivity index (χ1v) is 24.0. The first-order chi connectivity index (χ1) is 34.2. The molecule has 12 aromatic carbocycles. The quantitative estimate of drug-likeness (QED) is 0.105. The van der Waals surface area contributed by atoms with Crippen molar-refractivity contribution >= 4 is 44.5 Å². The van der Waals surface area contributed by atoms with Crippen molar-refractivity contribution in [2.45, 2.75) is 5.41 Å². The largest absolute Gasteiger partial charge is 0.0713 e. The van der Waals surface area contributed by atoms with Crippen molar-refractivity contribution in [2.24, 2.45) is 0 Å². The Bertz CT molecular complexity index is 3790. The van der Waals surface area contributed by atoms with Gasteiger partial charge in [0.25, 0.3) is 0 Å². The normalized spacial score (nSPS) is 12.7. The minimum atomic E-state index is -0.410. The lowest BCUT2D eigenvalue weighted by molar-refractivity contribution is 0.768. The van der Waals surface area contributed by atoms with E-state index in [0.29, 0.717) is 0 Å². The van der Waals surface area contributed by atoms with E-state index in [1.54, 1.807) is 0 Å². The summed E-state index contributed by atoms with van der Waals surface area (Å²) in [5.74, 6) is 0. The van der Waals surface area contributed by atoms with E-state index in [-0.39, 0.29) is 0 Å². The summed E-state index contributed by atoms with van der Waals surface area (Å²) in [6, 6.07) is 98.3. The lowest BCUT2D eigenvalue weighted by atomic mass is 9.67. The molecule has 0 unspecified atom stereocenters. The van der Waals surface area contributed by atoms with Gasteiger partial charge in [0, 0.05) is 0 Å². The van der Waals surface area contributed by atoms with Crippen LogP contribution in [0.4, 0.5) is 0 Å². The predicted octanol–water partition coefficient (Wildman–Crippen LogP) is 18.3. The molecule has 0 aliphatic heterocycles. The zero-order chi connectivity index (χ0) is 45.7. The number of benzene rings is 12. The molecule has 1 aliphatic carbocycles. The summed E-state index contributed by atoms with van der Waals surface area (Å²) in [5, 5.41) is 7.48. The molecule has 0 saturated carbocycles. The topological polar surface area (TPSA) is 0 Å². The lowest BCUT2D eigenvalue weighted by Gasteiger charge is -2.34. The zero-order valence-corrected chi connectivity index (χ0v) is 38.1. The zero-order valence-electron chi connectivity index (χ0n) is 38.1.